The molecule has 1 aromatic heterocycles. The van der Waals surface area contributed by atoms with E-state index in [1.54, 1.807) is 26.0 Å². The molecule has 11 heteroatoms. The van der Waals surface area contributed by atoms with E-state index in [4.69, 9.17) is 10.00 Å². The third-order valence-electron chi connectivity index (χ3n) is 5.11. The first kappa shape index (κ1) is 25.4. The Morgan fingerprint density at radius 3 is 2.69 bits per heavy atom. The summed E-state index contributed by atoms with van der Waals surface area (Å²) in [6.07, 6.45) is -0.104. The minimum Gasteiger partial charge on any atom is -0.493 e. The van der Waals surface area contributed by atoms with Gasteiger partial charge in [-0.25, -0.2) is 14.8 Å². The van der Waals surface area contributed by atoms with Crippen molar-refractivity contribution in [3.05, 3.63) is 65.0 Å². The van der Waals surface area contributed by atoms with Crippen molar-refractivity contribution in [1.29, 1.82) is 5.26 Å². The summed E-state index contributed by atoms with van der Waals surface area (Å²) in [7, 11) is 0. The van der Waals surface area contributed by atoms with Crippen LogP contribution in [0.5, 0.6) is 0 Å². The smallest absolute Gasteiger partial charge is 0.416 e. The molecule has 0 fully saturated rings. The first-order valence-electron chi connectivity index (χ1n) is 10.6. The van der Waals surface area contributed by atoms with E-state index in [-0.39, 0.29) is 29.1 Å². The van der Waals surface area contributed by atoms with Crippen LogP contribution in [0.25, 0.3) is 5.57 Å². The Kier molecular flexibility index (Phi) is 7.54. The number of nitriles is 1. The van der Waals surface area contributed by atoms with Crippen LogP contribution in [0, 0.1) is 18.3 Å². The van der Waals surface area contributed by atoms with Gasteiger partial charge < -0.3 is 15.4 Å². The van der Waals surface area contributed by atoms with Crippen molar-refractivity contribution in [2.24, 2.45) is 0 Å². The monoisotopic (exact) mass is 485 g/mol. The summed E-state index contributed by atoms with van der Waals surface area (Å²) >= 11 is 0. The van der Waals surface area contributed by atoms with Gasteiger partial charge in [-0.2, -0.15) is 18.4 Å². The number of urea groups is 1. The molecule has 2 aromatic rings. The minimum atomic E-state index is -4.69. The van der Waals surface area contributed by atoms with Crippen molar-refractivity contribution >= 4 is 28.8 Å². The highest BCUT2D eigenvalue weighted by Crippen LogP contribution is 2.37. The molecule has 1 aliphatic carbocycles. The minimum absolute atomic E-state index is 0.0950. The zero-order chi connectivity index (χ0) is 25.8. The number of amides is 2. The number of aryl methyl sites for hydroxylation is 1. The highest BCUT2D eigenvalue weighted by molar-refractivity contribution is 6.00. The van der Waals surface area contributed by atoms with Crippen molar-refractivity contribution in [3.63, 3.8) is 0 Å². The maximum atomic E-state index is 13.5. The number of ether oxygens (including phenoxy) is 1. The Balaban J connectivity index is 1.77. The molecule has 35 heavy (non-hydrogen) atoms. The number of hydrogen-bond acceptors (Lipinski definition) is 6. The van der Waals surface area contributed by atoms with Gasteiger partial charge in [-0.1, -0.05) is 12.1 Å². The number of anilines is 2. The molecule has 2 amide bonds. The predicted molar refractivity (Wildman–Crippen MR) is 122 cm³/mol. The van der Waals surface area contributed by atoms with E-state index in [1.807, 2.05) is 0 Å². The molecule has 0 radical (unpaired) electrons. The number of rotatable bonds is 6. The van der Waals surface area contributed by atoms with E-state index in [9.17, 15) is 22.8 Å². The van der Waals surface area contributed by atoms with Crippen LogP contribution in [-0.2, 0) is 15.7 Å². The number of carbonyl (C=O) groups is 2. The third-order valence-corrected chi connectivity index (χ3v) is 5.11. The number of halogens is 3. The fourth-order valence-corrected chi connectivity index (χ4v) is 3.39. The van der Waals surface area contributed by atoms with Crippen molar-refractivity contribution in [2.75, 3.05) is 17.2 Å². The van der Waals surface area contributed by atoms with Crippen LogP contribution in [-0.4, -0.2) is 28.4 Å². The lowest BCUT2D eigenvalue weighted by molar-refractivity contribution is -0.138. The molecule has 2 N–H and O–H groups in total. The number of allylic oxidation sites excluding steroid dienone is 3. The molecule has 0 bridgehead atoms. The van der Waals surface area contributed by atoms with Gasteiger partial charge in [0.15, 0.2) is 11.6 Å². The summed E-state index contributed by atoms with van der Waals surface area (Å²) in [5, 5.41) is 13.9. The van der Waals surface area contributed by atoms with Gasteiger partial charge in [0.05, 0.1) is 47.3 Å². The molecule has 0 spiro atoms. The number of ketones is 1. The van der Waals surface area contributed by atoms with E-state index < -0.39 is 23.7 Å². The molecular weight excluding hydrogens is 463 g/mol. The van der Waals surface area contributed by atoms with Gasteiger partial charge in [0.1, 0.15) is 5.76 Å². The molecule has 0 saturated carbocycles. The zero-order valence-corrected chi connectivity index (χ0v) is 19.2. The summed E-state index contributed by atoms with van der Waals surface area (Å²) in [5.74, 6) is -0.412. The summed E-state index contributed by atoms with van der Waals surface area (Å²) in [4.78, 5) is 32.7. The van der Waals surface area contributed by atoms with Gasteiger partial charge in [-0.3, -0.25) is 4.79 Å². The summed E-state index contributed by atoms with van der Waals surface area (Å²) < 4.78 is 45.9. The fourth-order valence-electron chi connectivity index (χ4n) is 3.39. The number of carbonyl (C=O) groups excluding carboxylic acids is 2. The summed E-state index contributed by atoms with van der Waals surface area (Å²) in [6, 6.07) is 4.24. The standard InChI is InChI=1S/C24H22F3N5O3/c1-4-35-21-10-16(33)6-8-18(21)22-29-12-20(14(3)30-22)32-23(34)31-15-5-7-17(13(2)11-28)19(9-15)24(25,26)27/h5,7-10,12-13H,4,6H2,1-3H3,(H2,31,32,34). The van der Waals surface area contributed by atoms with Crippen LogP contribution in [0.2, 0.25) is 0 Å². The topological polar surface area (TPSA) is 117 Å². The van der Waals surface area contributed by atoms with E-state index in [0.29, 0.717) is 29.5 Å². The summed E-state index contributed by atoms with van der Waals surface area (Å²) in [6.45, 7) is 5.12. The fraction of sp³-hybridized carbons (Fsp3) is 0.292. The molecule has 1 atom stereocenters. The van der Waals surface area contributed by atoms with Crippen LogP contribution in [0.3, 0.4) is 0 Å². The molecule has 3 rings (SSSR count). The van der Waals surface area contributed by atoms with Gasteiger partial charge in [-0.05, 0) is 38.5 Å². The average molecular weight is 485 g/mol. The Hall–Kier alpha value is -4.20. The normalized spacial score (nSPS) is 14.4. The van der Waals surface area contributed by atoms with Gasteiger partial charge >= 0.3 is 12.2 Å². The molecule has 8 nitrogen and oxygen atoms in total. The average Bonchev–Trinajstić information content (AvgIpc) is 2.79. The Morgan fingerprint density at radius 1 is 1.31 bits per heavy atom. The van der Waals surface area contributed by atoms with Gasteiger partial charge in [0, 0.05) is 18.2 Å². The molecular formula is C24H22F3N5O3. The van der Waals surface area contributed by atoms with Crippen molar-refractivity contribution in [3.8, 4) is 6.07 Å². The van der Waals surface area contributed by atoms with Crippen LogP contribution >= 0.6 is 0 Å². The Morgan fingerprint density at radius 2 is 2.06 bits per heavy atom. The molecule has 1 unspecified atom stereocenters. The number of aromatic nitrogens is 2. The lowest BCUT2D eigenvalue weighted by atomic mass is 9.96. The van der Waals surface area contributed by atoms with Crippen molar-refractivity contribution < 1.29 is 27.5 Å². The zero-order valence-electron chi connectivity index (χ0n) is 19.2. The lowest BCUT2D eigenvalue weighted by Crippen LogP contribution is -2.21. The molecule has 1 aromatic carbocycles. The van der Waals surface area contributed by atoms with E-state index in [1.165, 1.54) is 31.3 Å². The number of benzene rings is 1. The Bertz CT molecular complexity index is 1260. The van der Waals surface area contributed by atoms with Gasteiger partial charge in [0.2, 0.25) is 0 Å². The predicted octanol–water partition coefficient (Wildman–Crippen LogP) is 5.35. The highest BCUT2D eigenvalue weighted by atomic mass is 19.4. The van der Waals surface area contributed by atoms with E-state index in [2.05, 4.69) is 20.6 Å². The quantitative estimate of drug-likeness (QED) is 0.570. The molecule has 182 valence electrons. The Labute approximate surface area is 199 Å². The molecule has 0 aliphatic heterocycles. The first-order chi connectivity index (χ1) is 16.5. The third kappa shape index (κ3) is 6.03. The lowest BCUT2D eigenvalue weighted by Gasteiger charge is -2.17. The van der Waals surface area contributed by atoms with Crippen LogP contribution in [0.4, 0.5) is 29.3 Å². The van der Waals surface area contributed by atoms with Crippen molar-refractivity contribution in [1.82, 2.24) is 9.97 Å². The maximum absolute atomic E-state index is 13.5. The largest absolute Gasteiger partial charge is 0.493 e. The number of alkyl halides is 3. The SMILES string of the molecule is CCOC1=CC(=O)CC=C1c1ncc(NC(=O)Nc2ccc(C(C)C#N)c(C(F)(F)F)c2)c(C)n1. The van der Waals surface area contributed by atoms with Crippen LogP contribution < -0.4 is 10.6 Å². The van der Waals surface area contributed by atoms with Crippen LogP contribution in [0.1, 0.15) is 48.8 Å². The number of hydrogen-bond donors (Lipinski definition) is 2. The molecule has 1 heterocycles. The molecule has 0 saturated heterocycles. The first-order valence-corrected chi connectivity index (χ1v) is 10.6. The second kappa shape index (κ2) is 10.4. The highest BCUT2D eigenvalue weighted by Gasteiger charge is 2.35. The second-order valence-electron chi connectivity index (χ2n) is 7.65. The van der Waals surface area contributed by atoms with Crippen molar-refractivity contribution in [2.45, 2.75) is 39.3 Å². The molecule has 1 aliphatic rings. The van der Waals surface area contributed by atoms with Crippen LogP contribution in [0.15, 0.2) is 42.3 Å². The summed E-state index contributed by atoms with van der Waals surface area (Å²) in [5.41, 5.74) is -0.0747. The maximum Gasteiger partial charge on any atom is 0.416 e. The number of nitrogens with one attached hydrogen (secondary N) is 2. The van der Waals surface area contributed by atoms with E-state index >= 15 is 0 Å². The number of nitrogens with zero attached hydrogens (tertiary/aromatic N) is 3. The van der Waals surface area contributed by atoms with E-state index in [0.717, 1.165) is 6.07 Å². The second-order valence-corrected chi connectivity index (χ2v) is 7.65. The van der Waals surface area contributed by atoms with Gasteiger partial charge in [-0.15, -0.1) is 0 Å². The van der Waals surface area contributed by atoms with Gasteiger partial charge in [0.25, 0.3) is 0 Å².